The molecule has 0 radical (unpaired) electrons. The van der Waals surface area contributed by atoms with Gasteiger partial charge in [-0.2, -0.15) is 0 Å². The standard InChI is InChI=1S/C18H25NO/c1-2-15-6-4-10-18(13-15)20-14-17-8-3-7-16(12-17)9-5-11-19/h3,7-8,12,15,18H,2,4,6,10-11,13-14,19H2,1H3. The zero-order valence-corrected chi connectivity index (χ0v) is 12.4. The summed E-state index contributed by atoms with van der Waals surface area (Å²) in [6.45, 7) is 3.38. The monoisotopic (exact) mass is 271 g/mol. The van der Waals surface area contributed by atoms with Gasteiger partial charge in [0.2, 0.25) is 0 Å². The zero-order valence-electron chi connectivity index (χ0n) is 12.4. The van der Waals surface area contributed by atoms with Gasteiger partial charge >= 0.3 is 0 Å². The maximum atomic E-state index is 6.09. The van der Waals surface area contributed by atoms with Gasteiger partial charge in [0.15, 0.2) is 0 Å². The summed E-state index contributed by atoms with van der Waals surface area (Å²) < 4.78 is 6.09. The molecule has 2 nitrogen and oxygen atoms in total. The topological polar surface area (TPSA) is 35.2 Å². The van der Waals surface area contributed by atoms with Crippen molar-refractivity contribution in [2.24, 2.45) is 11.7 Å². The highest BCUT2D eigenvalue weighted by atomic mass is 16.5. The molecule has 0 aliphatic heterocycles. The summed E-state index contributed by atoms with van der Waals surface area (Å²) in [7, 11) is 0. The summed E-state index contributed by atoms with van der Waals surface area (Å²) in [5, 5.41) is 0. The molecule has 0 bridgehead atoms. The Kier molecular flexibility index (Phi) is 6.11. The van der Waals surface area contributed by atoms with Gasteiger partial charge in [0.25, 0.3) is 0 Å². The van der Waals surface area contributed by atoms with Crippen molar-refractivity contribution in [3.63, 3.8) is 0 Å². The molecule has 20 heavy (non-hydrogen) atoms. The minimum Gasteiger partial charge on any atom is -0.374 e. The molecule has 1 fully saturated rings. The summed E-state index contributed by atoms with van der Waals surface area (Å²) in [6, 6.07) is 8.26. The quantitative estimate of drug-likeness (QED) is 0.851. The van der Waals surface area contributed by atoms with E-state index in [9.17, 15) is 0 Å². The molecule has 1 aromatic carbocycles. The molecule has 0 spiro atoms. The second-order valence-corrected chi connectivity index (χ2v) is 5.58. The van der Waals surface area contributed by atoms with Crippen LogP contribution in [0.4, 0.5) is 0 Å². The molecule has 2 N–H and O–H groups in total. The Morgan fingerprint density at radius 1 is 1.35 bits per heavy atom. The van der Waals surface area contributed by atoms with Gasteiger partial charge in [-0.3, -0.25) is 0 Å². The first-order valence-electron chi connectivity index (χ1n) is 7.71. The van der Waals surface area contributed by atoms with E-state index in [1.54, 1.807) is 0 Å². The van der Waals surface area contributed by atoms with Crippen LogP contribution in [0.15, 0.2) is 24.3 Å². The summed E-state index contributed by atoms with van der Waals surface area (Å²) in [6.07, 6.45) is 6.84. The van der Waals surface area contributed by atoms with E-state index in [1.807, 2.05) is 12.1 Å². The van der Waals surface area contributed by atoms with Crippen molar-refractivity contribution < 1.29 is 4.74 Å². The molecule has 0 amide bonds. The van der Waals surface area contributed by atoms with Crippen LogP contribution in [-0.2, 0) is 11.3 Å². The highest BCUT2D eigenvalue weighted by Crippen LogP contribution is 2.28. The van der Waals surface area contributed by atoms with E-state index in [-0.39, 0.29) is 0 Å². The van der Waals surface area contributed by atoms with E-state index in [2.05, 4.69) is 30.9 Å². The Morgan fingerprint density at radius 2 is 2.25 bits per heavy atom. The fourth-order valence-corrected chi connectivity index (χ4v) is 2.87. The molecule has 0 aromatic heterocycles. The van der Waals surface area contributed by atoms with Crippen LogP contribution in [0.5, 0.6) is 0 Å². The summed E-state index contributed by atoms with van der Waals surface area (Å²) in [5.74, 6) is 6.81. The van der Waals surface area contributed by atoms with Crippen molar-refractivity contribution >= 4 is 0 Å². The molecular formula is C18H25NO. The summed E-state index contributed by atoms with van der Waals surface area (Å²) >= 11 is 0. The van der Waals surface area contributed by atoms with Crippen LogP contribution in [0, 0.1) is 17.8 Å². The maximum Gasteiger partial charge on any atom is 0.0721 e. The fraction of sp³-hybridized carbons (Fsp3) is 0.556. The molecule has 108 valence electrons. The molecule has 0 heterocycles. The molecule has 2 rings (SSSR count). The number of nitrogens with two attached hydrogens (primary N) is 1. The minimum atomic E-state index is 0.404. The third-order valence-electron chi connectivity index (χ3n) is 4.06. The molecule has 0 saturated heterocycles. The molecule has 2 heteroatoms. The molecule has 1 aliphatic carbocycles. The van der Waals surface area contributed by atoms with Crippen LogP contribution in [0.25, 0.3) is 0 Å². The third kappa shape index (κ3) is 4.67. The highest BCUT2D eigenvalue weighted by molar-refractivity contribution is 5.37. The number of hydrogen-bond donors (Lipinski definition) is 1. The predicted octanol–water partition coefficient (Wildman–Crippen LogP) is 3.48. The lowest BCUT2D eigenvalue weighted by Crippen LogP contribution is -2.22. The van der Waals surface area contributed by atoms with Gasteiger partial charge in [-0.1, -0.05) is 50.2 Å². The number of benzene rings is 1. The summed E-state index contributed by atoms with van der Waals surface area (Å²) in [5.41, 5.74) is 7.62. The van der Waals surface area contributed by atoms with Crippen molar-refractivity contribution in [1.29, 1.82) is 0 Å². The molecule has 1 saturated carbocycles. The largest absolute Gasteiger partial charge is 0.374 e. The van der Waals surface area contributed by atoms with E-state index in [0.29, 0.717) is 19.3 Å². The van der Waals surface area contributed by atoms with Gasteiger partial charge in [0, 0.05) is 5.56 Å². The lowest BCUT2D eigenvalue weighted by Gasteiger charge is -2.28. The van der Waals surface area contributed by atoms with Gasteiger partial charge in [0.1, 0.15) is 0 Å². The van der Waals surface area contributed by atoms with Crippen LogP contribution >= 0.6 is 0 Å². The van der Waals surface area contributed by atoms with Crippen LogP contribution in [0.2, 0.25) is 0 Å². The van der Waals surface area contributed by atoms with Gasteiger partial charge in [-0.15, -0.1) is 0 Å². The summed E-state index contributed by atoms with van der Waals surface area (Å²) in [4.78, 5) is 0. The Labute approximate surface area is 122 Å². The maximum absolute atomic E-state index is 6.09. The number of rotatable bonds is 4. The first kappa shape index (κ1) is 15.1. The first-order valence-corrected chi connectivity index (χ1v) is 7.71. The molecule has 1 aromatic rings. The third-order valence-corrected chi connectivity index (χ3v) is 4.06. The van der Waals surface area contributed by atoms with Crippen molar-refractivity contribution in [2.75, 3.05) is 6.54 Å². The Bertz CT molecular complexity index is 472. The number of hydrogen-bond acceptors (Lipinski definition) is 2. The van der Waals surface area contributed by atoms with E-state index >= 15 is 0 Å². The van der Waals surface area contributed by atoms with Crippen LogP contribution in [-0.4, -0.2) is 12.6 Å². The van der Waals surface area contributed by atoms with Gasteiger partial charge < -0.3 is 10.5 Å². The second kappa shape index (κ2) is 8.09. The van der Waals surface area contributed by atoms with Crippen LogP contribution in [0.1, 0.15) is 50.2 Å². The van der Waals surface area contributed by atoms with E-state index in [0.717, 1.165) is 11.5 Å². The van der Waals surface area contributed by atoms with Crippen LogP contribution in [0.3, 0.4) is 0 Å². The van der Waals surface area contributed by atoms with E-state index in [4.69, 9.17) is 10.5 Å². The Hall–Kier alpha value is -1.30. The second-order valence-electron chi connectivity index (χ2n) is 5.58. The first-order chi connectivity index (χ1) is 9.81. The predicted molar refractivity (Wildman–Crippen MR) is 83.2 cm³/mol. The lowest BCUT2D eigenvalue weighted by molar-refractivity contribution is 0.00176. The van der Waals surface area contributed by atoms with E-state index < -0.39 is 0 Å². The average molecular weight is 271 g/mol. The Morgan fingerprint density at radius 3 is 3.05 bits per heavy atom. The van der Waals surface area contributed by atoms with Crippen molar-refractivity contribution in [2.45, 2.75) is 51.7 Å². The molecule has 1 aliphatic rings. The van der Waals surface area contributed by atoms with Gasteiger partial charge in [0.05, 0.1) is 19.3 Å². The molecule has 2 unspecified atom stereocenters. The lowest BCUT2D eigenvalue weighted by atomic mass is 9.85. The van der Waals surface area contributed by atoms with E-state index in [1.165, 1.54) is 37.7 Å². The minimum absolute atomic E-state index is 0.404. The zero-order chi connectivity index (χ0) is 14.2. The normalized spacial score (nSPS) is 22.1. The molecule has 2 atom stereocenters. The van der Waals surface area contributed by atoms with Crippen LogP contribution < -0.4 is 5.73 Å². The van der Waals surface area contributed by atoms with Crippen molar-refractivity contribution in [1.82, 2.24) is 0 Å². The average Bonchev–Trinajstić information content (AvgIpc) is 2.51. The van der Waals surface area contributed by atoms with Gasteiger partial charge in [-0.25, -0.2) is 0 Å². The number of ether oxygens (including phenoxy) is 1. The Balaban J connectivity index is 1.87. The highest BCUT2D eigenvalue weighted by Gasteiger charge is 2.21. The molecular weight excluding hydrogens is 246 g/mol. The SMILES string of the molecule is CCC1CCCC(OCc2cccc(C#CCN)c2)C1. The fourth-order valence-electron chi connectivity index (χ4n) is 2.87. The van der Waals surface area contributed by atoms with Crippen molar-refractivity contribution in [3.8, 4) is 11.8 Å². The van der Waals surface area contributed by atoms with Gasteiger partial charge in [-0.05, 0) is 36.5 Å². The smallest absolute Gasteiger partial charge is 0.0721 e. The van der Waals surface area contributed by atoms with Crippen molar-refractivity contribution in [3.05, 3.63) is 35.4 Å².